The summed E-state index contributed by atoms with van der Waals surface area (Å²) in [5, 5.41) is 0. The average molecular weight is 375 g/mol. The molecule has 4 rings (SSSR count). The van der Waals surface area contributed by atoms with E-state index in [1.54, 1.807) is 17.0 Å². The summed E-state index contributed by atoms with van der Waals surface area (Å²) in [6, 6.07) is 5.95. The molecule has 27 heavy (non-hydrogen) atoms. The summed E-state index contributed by atoms with van der Waals surface area (Å²) in [6.45, 7) is 4.09. The summed E-state index contributed by atoms with van der Waals surface area (Å²) < 4.78 is 19.2. The molecule has 1 aromatic carbocycles. The first kappa shape index (κ1) is 18.4. The fourth-order valence-corrected chi connectivity index (χ4v) is 4.36. The van der Waals surface area contributed by atoms with Crippen molar-refractivity contribution in [3.8, 4) is 0 Å². The predicted octanol–water partition coefficient (Wildman–Crippen LogP) is 1.65. The van der Waals surface area contributed by atoms with E-state index < -0.39 is 5.60 Å². The van der Waals surface area contributed by atoms with Crippen molar-refractivity contribution in [1.82, 2.24) is 9.80 Å². The summed E-state index contributed by atoms with van der Waals surface area (Å²) in [5.41, 5.74) is 0.130. The molecule has 6 nitrogen and oxygen atoms in total. The first-order chi connectivity index (χ1) is 13.0. The maximum absolute atomic E-state index is 13.2. The van der Waals surface area contributed by atoms with Crippen molar-refractivity contribution in [3.63, 3.8) is 0 Å². The summed E-state index contributed by atoms with van der Waals surface area (Å²) in [7, 11) is 0. The molecule has 0 N–H and O–H groups in total. The van der Waals surface area contributed by atoms with E-state index in [0.29, 0.717) is 25.3 Å². The van der Waals surface area contributed by atoms with Gasteiger partial charge in [0.25, 0.3) is 5.91 Å². The van der Waals surface area contributed by atoms with Crippen LogP contribution in [0.5, 0.6) is 0 Å². The summed E-state index contributed by atoms with van der Waals surface area (Å²) >= 11 is 0. The molecule has 3 aliphatic heterocycles. The molecule has 3 heterocycles. The number of halogens is 1. The van der Waals surface area contributed by atoms with Gasteiger partial charge in [0.2, 0.25) is 5.91 Å². The Kier molecular flexibility index (Phi) is 5.14. The largest absolute Gasteiger partial charge is 0.361 e. The number of nitrogens with zero attached hydrogens (tertiary/aromatic N) is 3. The molecule has 0 bridgehead atoms. The molecule has 0 saturated carbocycles. The van der Waals surface area contributed by atoms with Crippen LogP contribution < -0.4 is 4.90 Å². The van der Waals surface area contributed by atoms with E-state index in [1.807, 2.05) is 4.90 Å². The number of anilines is 1. The molecule has 1 aromatic rings. The van der Waals surface area contributed by atoms with E-state index >= 15 is 0 Å². The van der Waals surface area contributed by atoms with Crippen molar-refractivity contribution in [2.24, 2.45) is 0 Å². The van der Waals surface area contributed by atoms with Crippen molar-refractivity contribution in [1.29, 1.82) is 0 Å². The quantitative estimate of drug-likeness (QED) is 0.806. The third kappa shape index (κ3) is 3.99. The van der Waals surface area contributed by atoms with Crippen LogP contribution in [0.3, 0.4) is 0 Å². The number of carbonyl (C=O) groups is 2. The minimum absolute atomic E-state index is 0.00840. The van der Waals surface area contributed by atoms with Gasteiger partial charge in [-0.2, -0.15) is 0 Å². The van der Waals surface area contributed by atoms with E-state index in [1.165, 1.54) is 12.1 Å². The molecule has 3 saturated heterocycles. The van der Waals surface area contributed by atoms with Gasteiger partial charge in [-0.1, -0.05) is 0 Å². The highest BCUT2D eigenvalue weighted by atomic mass is 19.1. The number of piperidine rings is 1. The van der Waals surface area contributed by atoms with Crippen LogP contribution in [-0.4, -0.2) is 73.1 Å². The number of benzene rings is 1. The molecule has 1 unspecified atom stereocenters. The topological polar surface area (TPSA) is 53.1 Å². The zero-order valence-corrected chi connectivity index (χ0v) is 15.5. The number of likely N-dealkylation sites (tertiary alicyclic amines) is 2. The van der Waals surface area contributed by atoms with Crippen LogP contribution >= 0.6 is 0 Å². The standard InChI is InChI=1S/C20H26FN3O3/c21-16-4-6-17(7-5-16)24-15-20(27-13-19(24)26)8-3-11-23(14-20)18(25)12-22-9-1-2-10-22/h4-7H,1-3,8-15H2. The number of amides is 2. The van der Waals surface area contributed by atoms with E-state index in [9.17, 15) is 14.0 Å². The van der Waals surface area contributed by atoms with Gasteiger partial charge in [0.1, 0.15) is 18.0 Å². The van der Waals surface area contributed by atoms with Gasteiger partial charge in [-0.3, -0.25) is 14.5 Å². The van der Waals surface area contributed by atoms with Gasteiger partial charge in [0.05, 0.1) is 19.6 Å². The Bertz CT molecular complexity index is 705. The lowest BCUT2D eigenvalue weighted by Crippen LogP contribution is -2.62. The maximum Gasteiger partial charge on any atom is 0.253 e. The molecule has 0 aliphatic carbocycles. The number of morpholine rings is 1. The van der Waals surface area contributed by atoms with Crippen LogP contribution in [0.25, 0.3) is 0 Å². The Hall–Kier alpha value is -1.99. The number of rotatable bonds is 3. The second-order valence-corrected chi connectivity index (χ2v) is 7.83. The smallest absolute Gasteiger partial charge is 0.253 e. The van der Waals surface area contributed by atoms with Crippen LogP contribution in [0.15, 0.2) is 24.3 Å². The van der Waals surface area contributed by atoms with Gasteiger partial charge in [-0.15, -0.1) is 0 Å². The van der Waals surface area contributed by atoms with Crippen LogP contribution in [-0.2, 0) is 14.3 Å². The fraction of sp³-hybridized carbons (Fsp3) is 0.600. The van der Waals surface area contributed by atoms with Gasteiger partial charge in [-0.25, -0.2) is 4.39 Å². The highest BCUT2D eigenvalue weighted by molar-refractivity contribution is 5.95. The lowest BCUT2D eigenvalue weighted by atomic mass is 9.90. The molecule has 0 radical (unpaired) electrons. The molecule has 1 atom stereocenters. The Balaban J connectivity index is 1.45. The minimum atomic E-state index is -0.540. The zero-order valence-electron chi connectivity index (χ0n) is 15.5. The highest BCUT2D eigenvalue weighted by Gasteiger charge is 2.44. The Morgan fingerprint density at radius 2 is 1.81 bits per heavy atom. The van der Waals surface area contributed by atoms with E-state index in [4.69, 9.17) is 4.74 Å². The van der Waals surface area contributed by atoms with Crippen molar-refractivity contribution < 1.29 is 18.7 Å². The van der Waals surface area contributed by atoms with Crippen LogP contribution in [0.2, 0.25) is 0 Å². The van der Waals surface area contributed by atoms with Crippen molar-refractivity contribution in [2.75, 3.05) is 50.8 Å². The van der Waals surface area contributed by atoms with Crippen LogP contribution in [0.1, 0.15) is 25.7 Å². The third-order valence-corrected chi connectivity index (χ3v) is 5.84. The zero-order chi connectivity index (χ0) is 18.9. The fourth-order valence-electron chi connectivity index (χ4n) is 4.36. The van der Waals surface area contributed by atoms with Gasteiger partial charge < -0.3 is 14.5 Å². The molecule has 7 heteroatoms. The lowest BCUT2D eigenvalue weighted by Gasteiger charge is -2.47. The summed E-state index contributed by atoms with van der Waals surface area (Å²) in [5.74, 6) is -0.317. The number of ether oxygens (including phenoxy) is 1. The van der Waals surface area contributed by atoms with Gasteiger partial charge >= 0.3 is 0 Å². The van der Waals surface area contributed by atoms with Gasteiger partial charge in [0, 0.05) is 12.2 Å². The average Bonchev–Trinajstić information content (AvgIpc) is 3.18. The third-order valence-electron chi connectivity index (χ3n) is 5.84. The molecule has 0 aromatic heterocycles. The molecular formula is C20H26FN3O3. The Morgan fingerprint density at radius 1 is 1.07 bits per heavy atom. The first-order valence-corrected chi connectivity index (χ1v) is 9.75. The molecule has 2 amide bonds. The van der Waals surface area contributed by atoms with Crippen molar-refractivity contribution in [2.45, 2.75) is 31.3 Å². The predicted molar refractivity (Wildman–Crippen MR) is 98.9 cm³/mol. The number of hydrogen-bond donors (Lipinski definition) is 0. The van der Waals surface area contributed by atoms with E-state index in [-0.39, 0.29) is 24.2 Å². The Labute approximate surface area is 158 Å². The van der Waals surface area contributed by atoms with Crippen molar-refractivity contribution >= 4 is 17.5 Å². The van der Waals surface area contributed by atoms with E-state index in [2.05, 4.69) is 4.90 Å². The summed E-state index contributed by atoms with van der Waals surface area (Å²) in [6.07, 6.45) is 3.99. The lowest BCUT2D eigenvalue weighted by molar-refractivity contribution is -0.153. The normalized spacial score (nSPS) is 26.8. The second kappa shape index (κ2) is 7.56. The SMILES string of the molecule is O=C(CN1CCCC1)N1CCCC2(C1)CN(c1ccc(F)cc1)C(=O)CO2. The van der Waals surface area contributed by atoms with E-state index in [0.717, 1.165) is 45.3 Å². The highest BCUT2D eigenvalue weighted by Crippen LogP contribution is 2.32. The van der Waals surface area contributed by atoms with Gasteiger partial charge in [0.15, 0.2) is 0 Å². The van der Waals surface area contributed by atoms with Crippen LogP contribution in [0, 0.1) is 5.82 Å². The molecule has 3 fully saturated rings. The van der Waals surface area contributed by atoms with Crippen molar-refractivity contribution in [3.05, 3.63) is 30.1 Å². The molecule has 146 valence electrons. The molecule has 1 spiro atoms. The first-order valence-electron chi connectivity index (χ1n) is 9.75. The maximum atomic E-state index is 13.2. The minimum Gasteiger partial charge on any atom is -0.361 e. The second-order valence-electron chi connectivity index (χ2n) is 7.83. The molecular weight excluding hydrogens is 349 g/mol. The Morgan fingerprint density at radius 3 is 2.56 bits per heavy atom. The number of carbonyl (C=O) groups excluding carboxylic acids is 2. The summed E-state index contributed by atoms with van der Waals surface area (Å²) in [4.78, 5) is 30.9. The van der Waals surface area contributed by atoms with Crippen LogP contribution in [0.4, 0.5) is 10.1 Å². The monoisotopic (exact) mass is 375 g/mol. The van der Waals surface area contributed by atoms with Gasteiger partial charge in [-0.05, 0) is 63.0 Å². The number of hydrogen-bond acceptors (Lipinski definition) is 4. The molecule has 3 aliphatic rings.